The van der Waals surface area contributed by atoms with Gasteiger partial charge in [0.05, 0.1) is 0 Å². The van der Waals surface area contributed by atoms with Crippen molar-refractivity contribution in [3.8, 4) is 0 Å². The van der Waals surface area contributed by atoms with Gasteiger partial charge in [-0.25, -0.2) is 4.39 Å². The van der Waals surface area contributed by atoms with Gasteiger partial charge in [0.2, 0.25) is 5.91 Å². The summed E-state index contributed by atoms with van der Waals surface area (Å²) in [6.07, 6.45) is -2.39. The number of hydrogen-bond acceptors (Lipinski definition) is 1. The first-order valence-electron chi connectivity index (χ1n) is 3.63. The lowest BCUT2D eigenvalue weighted by molar-refractivity contribution is 0.100. The van der Waals surface area contributed by atoms with E-state index in [9.17, 15) is 18.0 Å². The van der Waals surface area contributed by atoms with Crippen LogP contribution in [0.5, 0.6) is 0 Å². The molecule has 74 valence electrons. The Morgan fingerprint density at radius 2 is 1.43 bits per heavy atom. The van der Waals surface area contributed by atoms with E-state index in [4.69, 9.17) is 5.73 Å². The minimum Gasteiger partial charge on any atom is -0.366 e. The average molecular weight is 201 g/mol. The van der Waals surface area contributed by atoms with Gasteiger partial charge in [-0.3, -0.25) is 4.79 Å². The zero-order valence-corrected chi connectivity index (χ0v) is 6.93. The van der Waals surface area contributed by atoms with Gasteiger partial charge in [-0.15, -0.1) is 0 Å². The van der Waals surface area contributed by atoms with E-state index in [1.165, 1.54) is 12.1 Å². The van der Waals surface area contributed by atoms with Crippen LogP contribution in [0.2, 0.25) is 0 Å². The topological polar surface area (TPSA) is 43.1 Å². The summed E-state index contributed by atoms with van der Waals surface area (Å²) in [6, 6.07) is 4.49. The van der Waals surface area contributed by atoms with Crippen LogP contribution in [-0.4, -0.2) is 5.91 Å². The molecule has 1 rings (SSSR count). The Kier molecular flexibility index (Phi) is 2.91. The molecule has 0 unspecified atom stereocenters. The molecule has 0 spiro atoms. The number of hydrogen-bond donors (Lipinski definition) is 1. The number of amides is 1. The summed E-state index contributed by atoms with van der Waals surface area (Å²) < 4.78 is 36.2. The Balaban J connectivity index is 3.06. The van der Waals surface area contributed by atoms with Crippen molar-refractivity contribution in [2.75, 3.05) is 0 Å². The van der Waals surface area contributed by atoms with Crippen molar-refractivity contribution in [1.82, 2.24) is 0 Å². The summed E-state index contributed by atoms with van der Waals surface area (Å²) in [5, 5.41) is 0. The van der Waals surface area contributed by atoms with Crippen LogP contribution in [0.3, 0.4) is 0 Å². The summed E-state index contributed by atoms with van der Waals surface area (Å²) in [5.41, 5.74) is 4.76. The van der Waals surface area contributed by atoms with Crippen molar-refractivity contribution >= 4 is 11.7 Å². The van der Waals surface area contributed by atoms with Crippen molar-refractivity contribution < 1.29 is 18.0 Å². The third-order valence-corrected chi connectivity index (χ3v) is 1.59. The molecule has 0 saturated heterocycles. The molecular formula is C9H6F3NO. The maximum atomic E-state index is 12.6. The Hall–Kier alpha value is -1.78. The monoisotopic (exact) mass is 201 g/mol. The molecule has 1 amide bonds. The van der Waals surface area contributed by atoms with E-state index >= 15 is 0 Å². The van der Waals surface area contributed by atoms with Crippen molar-refractivity contribution in [2.45, 2.75) is 0 Å². The lowest BCUT2D eigenvalue weighted by Gasteiger charge is -1.98. The van der Waals surface area contributed by atoms with Gasteiger partial charge in [0.25, 0.3) is 0 Å². The third-order valence-electron chi connectivity index (χ3n) is 1.59. The highest BCUT2D eigenvalue weighted by molar-refractivity contribution is 5.93. The third kappa shape index (κ3) is 2.12. The van der Waals surface area contributed by atoms with Crippen LogP contribution in [-0.2, 0) is 0 Å². The largest absolute Gasteiger partial charge is 0.366 e. The van der Waals surface area contributed by atoms with Crippen LogP contribution in [0.4, 0.5) is 13.2 Å². The first-order valence-corrected chi connectivity index (χ1v) is 3.63. The predicted octanol–water partition coefficient (Wildman–Crippen LogP) is 2.32. The molecule has 0 atom stereocenters. The molecule has 1 aromatic rings. The molecule has 2 nitrogen and oxygen atoms in total. The molecule has 1 aromatic carbocycles. The molecule has 0 radical (unpaired) electrons. The molecule has 2 N–H and O–H groups in total. The number of halogens is 3. The minimum absolute atomic E-state index is 0.140. The fourth-order valence-electron chi connectivity index (χ4n) is 0.890. The molecule has 0 aliphatic rings. The van der Waals surface area contributed by atoms with E-state index in [2.05, 4.69) is 0 Å². The highest BCUT2D eigenvalue weighted by Gasteiger charge is 2.08. The van der Waals surface area contributed by atoms with Gasteiger partial charge in [0.1, 0.15) is 0 Å². The number of carbonyl (C=O) groups is 1. The lowest BCUT2D eigenvalue weighted by Crippen LogP contribution is -2.10. The van der Waals surface area contributed by atoms with Gasteiger partial charge in [0, 0.05) is 11.1 Å². The van der Waals surface area contributed by atoms with E-state index in [-0.39, 0.29) is 11.1 Å². The van der Waals surface area contributed by atoms with E-state index < -0.39 is 17.8 Å². The number of nitrogens with two attached hydrogens (primary N) is 1. The molecule has 0 saturated carbocycles. The lowest BCUT2D eigenvalue weighted by atomic mass is 10.1. The maximum absolute atomic E-state index is 12.6. The number of primary amides is 1. The van der Waals surface area contributed by atoms with Gasteiger partial charge in [-0.2, -0.15) is 8.78 Å². The Bertz CT molecular complexity index is 380. The quantitative estimate of drug-likeness (QED) is 0.783. The predicted molar refractivity (Wildman–Crippen MR) is 45.2 cm³/mol. The standard InChI is InChI=1S/C9H6F3NO/c10-7(8(11)12)5-1-3-6(4-2-5)9(13)14/h1-4H,(H2,13,14). The van der Waals surface area contributed by atoms with Gasteiger partial charge >= 0.3 is 6.08 Å². The van der Waals surface area contributed by atoms with Crippen LogP contribution >= 0.6 is 0 Å². The molecule has 0 aliphatic heterocycles. The second-order valence-corrected chi connectivity index (χ2v) is 2.52. The SMILES string of the molecule is NC(=O)c1ccc(C(F)=C(F)F)cc1. The Morgan fingerprint density at radius 3 is 1.79 bits per heavy atom. The number of benzene rings is 1. The van der Waals surface area contributed by atoms with E-state index in [1.807, 2.05) is 0 Å². The number of carbonyl (C=O) groups excluding carboxylic acids is 1. The molecule has 0 heterocycles. The van der Waals surface area contributed by atoms with Crippen LogP contribution < -0.4 is 5.73 Å². The molecule has 0 aliphatic carbocycles. The van der Waals surface area contributed by atoms with E-state index in [0.29, 0.717) is 0 Å². The zero-order chi connectivity index (χ0) is 10.7. The first kappa shape index (κ1) is 10.3. The molecule has 0 fully saturated rings. The van der Waals surface area contributed by atoms with Crippen LogP contribution in [0.15, 0.2) is 30.3 Å². The summed E-state index contributed by atoms with van der Waals surface area (Å²) >= 11 is 0. The summed E-state index contributed by atoms with van der Waals surface area (Å²) in [5.74, 6) is -2.29. The molecule has 0 bridgehead atoms. The van der Waals surface area contributed by atoms with Gasteiger partial charge < -0.3 is 5.73 Å². The van der Waals surface area contributed by atoms with Crippen molar-refractivity contribution in [3.05, 3.63) is 41.5 Å². The second kappa shape index (κ2) is 3.95. The minimum atomic E-state index is -2.39. The van der Waals surface area contributed by atoms with Gasteiger partial charge in [-0.1, -0.05) is 12.1 Å². The highest BCUT2D eigenvalue weighted by atomic mass is 19.3. The van der Waals surface area contributed by atoms with Crippen LogP contribution in [0, 0.1) is 0 Å². The van der Waals surface area contributed by atoms with Crippen LogP contribution in [0.25, 0.3) is 5.83 Å². The zero-order valence-electron chi connectivity index (χ0n) is 6.93. The van der Waals surface area contributed by atoms with Crippen LogP contribution in [0.1, 0.15) is 15.9 Å². The summed E-state index contributed by atoms with van der Waals surface area (Å²) in [4.78, 5) is 10.6. The molecule has 0 aromatic heterocycles. The molecule has 14 heavy (non-hydrogen) atoms. The normalized spacial score (nSPS) is 9.64. The van der Waals surface area contributed by atoms with Crippen molar-refractivity contribution in [2.24, 2.45) is 5.73 Å². The average Bonchev–Trinajstić information content (AvgIpc) is 2.16. The second-order valence-electron chi connectivity index (χ2n) is 2.52. The Morgan fingerprint density at radius 1 is 1.00 bits per heavy atom. The highest BCUT2D eigenvalue weighted by Crippen LogP contribution is 2.21. The van der Waals surface area contributed by atoms with Gasteiger partial charge in [-0.05, 0) is 12.1 Å². The summed E-state index contributed by atoms with van der Waals surface area (Å²) in [7, 11) is 0. The number of rotatable bonds is 2. The first-order chi connectivity index (χ1) is 6.52. The van der Waals surface area contributed by atoms with Crippen molar-refractivity contribution in [1.29, 1.82) is 0 Å². The smallest absolute Gasteiger partial charge is 0.306 e. The maximum Gasteiger partial charge on any atom is 0.306 e. The Labute approximate surface area is 77.8 Å². The van der Waals surface area contributed by atoms with E-state index in [1.54, 1.807) is 0 Å². The fourth-order valence-corrected chi connectivity index (χ4v) is 0.890. The fraction of sp³-hybridized carbons (Fsp3) is 0. The summed E-state index contributed by atoms with van der Waals surface area (Å²) in [6.45, 7) is 0. The van der Waals surface area contributed by atoms with Crippen molar-refractivity contribution in [3.63, 3.8) is 0 Å². The van der Waals surface area contributed by atoms with E-state index in [0.717, 1.165) is 12.1 Å². The molecule has 5 heteroatoms. The van der Waals surface area contributed by atoms with Gasteiger partial charge in [0.15, 0.2) is 5.83 Å². The molecular weight excluding hydrogens is 195 g/mol.